The molecule has 0 bridgehead atoms. The van der Waals surface area contributed by atoms with Gasteiger partial charge < -0.3 is 15.0 Å². The SMILES string of the molecule is CCCCCCCN(C(=S)Nc1ccc(F)cc1)[C@H]1CC(=O)N(c2ccc(OCCC)cc2)C1=O. The number of carbonyl (C=O) groups is 2. The van der Waals surface area contributed by atoms with Crippen molar-refractivity contribution < 1.29 is 18.7 Å². The molecule has 6 nitrogen and oxygen atoms in total. The van der Waals surface area contributed by atoms with Gasteiger partial charge in [0.05, 0.1) is 18.7 Å². The van der Waals surface area contributed by atoms with Gasteiger partial charge in [0.15, 0.2) is 5.11 Å². The molecule has 0 aliphatic carbocycles. The zero-order valence-corrected chi connectivity index (χ0v) is 21.3. The summed E-state index contributed by atoms with van der Waals surface area (Å²) in [4.78, 5) is 29.4. The summed E-state index contributed by atoms with van der Waals surface area (Å²) in [6, 6.07) is 12.2. The second-order valence-corrected chi connectivity index (χ2v) is 9.06. The van der Waals surface area contributed by atoms with Crippen molar-refractivity contribution >= 4 is 40.5 Å². The van der Waals surface area contributed by atoms with Crippen LogP contribution in [-0.4, -0.2) is 41.0 Å². The molecule has 0 radical (unpaired) electrons. The van der Waals surface area contributed by atoms with Crippen molar-refractivity contribution in [3.05, 3.63) is 54.3 Å². The number of hydrogen-bond donors (Lipinski definition) is 1. The van der Waals surface area contributed by atoms with Crippen LogP contribution < -0.4 is 15.0 Å². The fourth-order valence-electron chi connectivity index (χ4n) is 4.06. The lowest BCUT2D eigenvalue weighted by Gasteiger charge is -2.30. The minimum Gasteiger partial charge on any atom is -0.494 e. The molecule has 188 valence electrons. The maximum atomic E-state index is 13.4. The van der Waals surface area contributed by atoms with Gasteiger partial charge in [-0.1, -0.05) is 39.5 Å². The Labute approximate surface area is 212 Å². The minimum absolute atomic E-state index is 0.0487. The van der Waals surface area contributed by atoms with Crippen LogP contribution in [0.4, 0.5) is 15.8 Å². The molecule has 1 N–H and O–H groups in total. The Balaban J connectivity index is 1.75. The molecule has 0 unspecified atom stereocenters. The number of anilines is 2. The summed E-state index contributed by atoms with van der Waals surface area (Å²) in [5.74, 6) is -0.200. The summed E-state index contributed by atoms with van der Waals surface area (Å²) in [5.41, 5.74) is 1.15. The first-order valence-electron chi connectivity index (χ1n) is 12.4. The van der Waals surface area contributed by atoms with Crippen molar-refractivity contribution in [3.63, 3.8) is 0 Å². The van der Waals surface area contributed by atoms with Gasteiger partial charge in [0.2, 0.25) is 5.91 Å². The Kier molecular flexibility index (Phi) is 10.0. The number of carbonyl (C=O) groups excluding carboxylic acids is 2. The first-order chi connectivity index (χ1) is 16.9. The first kappa shape index (κ1) is 26.6. The fraction of sp³-hybridized carbons (Fsp3) is 0.444. The largest absolute Gasteiger partial charge is 0.494 e. The molecule has 1 heterocycles. The highest BCUT2D eigenvalue weighted by molar-refractivity contribution is 7.80. The second-order valence-electron chi connectivity index (χ2n) is 8.67. The normalized spacial score (nSPS) is 15.4. The van der Waals surface area contributed by atoms with E-state index in [1.807, 2.05) is 11.8 Å². The van der Waals surface area contributed by atoms with Crippen LogP contribution in [0.25, 0.3) is 0 Å². The lowest BCUT2D eigenvalue weighted by Crippen LogP contribution is -2.47. The Morgan fingerprint density at radius 3 is 2.37 bits per heavy atom. The third kappa shape index (κ3) is 7.24. The smallest absolute Gasteiger partial charge is 0.257 e. The van der Waals surface area contributed by atoms with E-state index in [4.69, 9.17) is 17.0 Å². The summed E-state index contributed by atoms with van der Waals surface area (Å²) in [6.45, 7) is 5.35. The maximum Gasteiger partial charge on any atom is 0.257 e. The van der Waals surface area contributed by atoms with Gasteiger partial charge in [-0.3, -0.25) is 9.59 Å². The average Bonchev–Trinajstić information content (AvgIpc) is 3.15. The van der Waals surface area contributed by atoms with Gasteiger partial charge in [0.25, 0.3) is 5.91 Å². The highest BCUT2D eigenvalue weighted by Gasteiger charge is 2.43. The number of rotatable bonds is 12. The van der Waals surface area contributed by atoms with Crippen molar-refractivity contribution in [1.82, 2.24) is 4.90 Å². The molecule has 2 aromatic rings. The van der Waals surface area contributed by atoms with E-state index in [0.29, 0.717) is 35.4 Å². The zero-order valence-electron chi connectivity index (χ0n) is 20.5. The number of nitrogens with one attached hydrogen (secondary N) is 1. The third-order valence-corrected chi connectivity index (χ3v) is 6.26. The lowest BCUT2D eigenvalue weighted by molar-refractivity contribution is -0.122. The molecule has 1 fully saturated rings. The minimum atomic E-state index is -0.690. The van der Waals surface area contributed by atoms with Crippen LogP contribution in [0.5, 0.6) is 5.75 Å². The quantitative estimate of drug-likeness (QED) is 0.222. The van der Waals surface area contributed by atoms with Crippen LogP contribution in [0.3, 0.4) is 0 Å². The van der Waals surface area contributed by atoms with E-state index in [-0.39, 0.29) is 24.1 Å². The summed E-state index contributed by atoms with van der Waals surface area (Å²) < 4.78 is 18.9. The van der Waals surface area contributed by atoms with Gasteiger partial charge in [-0.15, -0.1) is 0 Å². The molecule has 8 heteroatoms. The van der Waals surface area contributed by atoms with Gasteiger partial charge in [-0.2, -0.15) is 0 Å². The number of thiocarbonyl (C=S) groups is 1. The number of benzene rings is 2. The molecular formula is C27H34FN3O3S. The number of ether oxygens (including phenoxy) is 1. The Hall–Kier alpha value is -3.00. The zero-order chi connectivity index (χ0) is 25.2. The average molecular weight is 500 g/mol. The topological polar surface area (TPSA) is 61.9 Å². The highest BCUT2D eigenvalue weighted by Crippen LogP contribution is 2.28. The number of amides is 2. The lowest BCUT2D eigenvalue weighted by atomic mass is 10.1. The molecule has 2 amide bonds. The van der Waals surface area contributed by atoms with Crippen molar-refractivity contribution in [2.24, 2.45) is 0 Å². The molecule has 0 aromatic heterocycles. The number of halogens is 1. The number of nitrogens with zero attached hydrogens (tertiary/aromatic N) is 2. The Morgan fingerprint density at radius 1 is 1.03 bits per heavy atom. The van der Waals surface area contributed by atoms with E-state index in [1.165, 1.54) is 17.0 Å². The summed E-state index contributed by atoms with van der Waals surface area (Å²) in [7, 11) is 0. The van der Waals surface area contributed by atoms with Crippen LogP contribution in [0, 0.1) is 5.82 Å². The van der Waals surface area contributed by atoms with Crippen LogP contribution >= 0.6 is 12.2 Å². The van der Waals surface area contributed by atoms with Gasteiger partial charge in [0, 0.05) is 12.2 Å². The molecule has 0 saturated carbocycles. The van der Waals surface area contributed by atoms with E-state index in [9.17, 15) is 14.0 Å². The summed E-state index contributed by atoms with van der Waals surface area (Å²) in [6.07, 6.45) is 6.22. The van der Waals surface area contributed by atoms with E-state index in [2.05, 4.69) is 12.2 Å². The molecule has 1 atom stereocenters. The standard InChI is InChI=1S/C27H34FN3O3S/c1-3-5-6-7-8-17-30(27(35)29-21-11-9-20(28)10-12-21)24-19-25(32)31(26(24)33)22-13-15-23(16-14-22)34-18-4-2/h9-16,24H,3-8,17-19H2,1-2H3,(H,29,35)/t24-/m0/s1. The highest BCUT2D eigenvalue weighted by atomic mass is 32.1. The van der Waals surface area contributed by atoms with E-state index >= 15 is 0 Å². The molecular weight excluding hydrogens is 465 g/mol. The summed E-state index contributed by atoms with van der Waals surface area (Å²) >= 11 is 5.65. The second kappa shape index (κ2) is 13.2. The number of unbranched alkanes of at least 4 members (excludes halogenated alkanes) is 4. The molecule has 3 rings (SSSR count). The molecule has 35 heavy (non-hydrogen) atoms. The van der Waals surface area contributed by atoms with E-state index < -0.39 is 6.04 Å². The molecule has 1 saturated heterocycles. The predicted octanol–water partition coefficient (Wildman–Crippen LogP) is 5.92. The van der Waals surface area contributed by atoms with Crippen molar-refractivity contribution in [1.29, 1.82) is 0 Å². The van der Waals surface area contributed by atoms with Crippen molar-refractivity contribution in [2.45, 2.75) is 64.8 Å². The van der Waals surface area contributed by atoms with Crippen LogP contribution in [-0.2, 0) is 9.59 Å². The third-order valence-electron chi connectivity index (χ3n) is 5.93. The van der Waals surface area contributed by atoms with Crippen molar-refractivity contribution in [2.75, 3.05) is 23.4 Å². The molecule has 0 spiro atoms. The van der Waals surface area contributed by atoms with Crippen LogP contribution in [0.2, 0.25) is 0 Å². The Morgan fingerprint density at radius 2 is 1.71 bits per heavy atom. The Bertz CT molecular complexity index is 998. The molecule has 2 aromatic carbocycles. The molecule has 1 aliphatic rings. The van der Waals surface area contributed by atoms with Crippen molar-refractivity contribution in [3.8, 4) is 5.75 Å². The van der Waals surface area contributed by atoms with Gasteiger partial charge in [-0.05, 0) is 73.6 Å². The molecule has 1 aliphatic heterocycles. The predicted molar refractivity (Wildman–Crippen MR) is 141 cm³/mol. The van der Waals surface area contributed by atoms with Gasteiger partial charge in [0.1, 0.15) is 17.6 Å². The van der Waals surface area contributed by atoms with E-state index in [1.54, 1.807) is 36.4 Å². The fourth-order valence-corrected chi connectivity index (χ4v) is 4.39. The number of imide groups is 1. The first-order valence-corrected chi connectivity index (χ1v) is 12.8. The van der Waals surface area contributed by atoms with Crippen LogP contribution in [0.15, 0.2) is 48.5 Å². The van der Waals surface area contributed by atoms with Gasteiger partial charge >= 0.3 is 0 Å². The van der Waals surface area contributed by atoms with Crippen LogP contribution in [0.1, 0.15) is 58.8 Å². The van der Waals surface area contributed by atoms with E-state index in [0.717, 1.165) is 38.5 Å². The number of hydrogen-bond acceptors (Lipinski definition) is 4. The maximum absolute atomic E-state index is 13.4. The summed E-state index contributed by atoms with van der Waals surface area (Å²) in [5, 5.41) is 3.46. The van der Waals surface area contributed by atoms with Gasteiger partial charge in [-0.25, -0.2) is 9.29 Å². The monoisotopic (exact) mass is 499 g/mol.